The van der Waals surface area contributed by atoms with E-state index in [1.54, 1.807) is 24.8 Å². The summed E-state index contributed by atoms with van der Waals surface area (Å²) in [6.07, 6.45) is 7.95. The average Bonchev–Trinajstić information content (AvgIpc) is 2.86. The lowest BCUT2D eigenvalue weighted by atomic mass is 10.1. The van der Waals surface area contributed by atoms with Gasteiger partial charge in [0.05, 0.1) is 28.6 Å². The minimum atomic E-state index is -0.277. The molecule has 4 heterocycles. The second-order valence-corrected chi connectivity index (χ2v) is 9.15. The number of pyridine rings is 2. The predicted molar refractivity (Wildman–Crippen MR) is 144 cm³/mol. The van der Waals surface area contributed by atoms with Crippen LogP contribution in [0.1, 0.15) is 0 Å². The van der Waals surface area contributed by atoms with E-state index in [4.69, 9.17) is 16.6 Å². The smallest absolute Gasteiger partial charge is 0.247 e. The quantitative estimate of drug-likeness (QED) is 0.361. The van der Waals surface area contributed by atoms with Crippen LogP contribution >= 0.6 is 11.6 Å². The minimum Gasteiger partial charge on any atom is -0.367 e. The van der Waals surface area contributed by atoms with Crippen molar-refractivity contribution in [2.45, 2.75) is 6.04 Å². The topological polar surface area (TPSA) is 99.2 Å². The number of rotatable bonds is 7. The predicted octanol–water partition coefficient (Wildman–Crippen LogP) is 4.36. The first kappa shape index (κ1) is 23.7. The number of halogens is 1. The number of carbonyl (C=O) groups excluding carboxylic acids is 1. The van der Waals surface area contributed by atoms with Gasteiger partial charge in [0.25, 0.3) is 0 Å². The van der Waals surface area contributed by atoms with Gasteiger partial charge in [0.2, 0.25) is 11.9 Å². The van der Waals surface area contributed by atoms with Crippen molar-refractivity contribution in [3.8, 4) is 11.1 Å². The molecule has 0 radical (unpaired) electrons. The van der Waals surface area contributed by atoms with Crippen LogP contribution < -0.4 is 15.5 Å². The summed E-state index contributed by atoms with van der Waals surface area (Å²) < 4.78 is 0. The van der Waals surface area contributed by atoms with Crippen LogP contribution in [0.4, 0.5) is 23.0 Å². The maximum absolute atomic E-state index is 12.2. The third-order valence-electron chi connectivity index (χ3n) is 6.16. The number of benzene rings is 1. The molecule has 182 valence electrons. The Hall–Kier alpha value is -4.08. The number of hydrogen-bond acceptors (Lipinski definition) is 8. The number of hydrogen-bond donors (Lipinski definition) is 2. The van der Waals surface area contributed by atoms with Crippen molar-refractivity contribution in [3.63, 3.8) is 0 Å². The third-order valence-corrected chi connectivity index (χ3v) is 6.37. The number of anilines is 4. The molecule has 4 aromatic rings. The molecule has 36 heavy (non-hydrogen) atoms. The highest BCUT2D eigenvalue weighted by molar-refractivity contribution is 6.30. The summed E-state index contributed by atoms with van der Waals surface area (Å²) in [5.74, 6) is 0.120. The molecule has 5 rings (SSSR count). The molecule has 1 aromatic carbocycles. The Balaban J connectivity index is 1.48. The van der Waals surface area contributed by atoms with Crippen molar-refractivity contribution >= 4 is 51.6 Å². The van der Waals surface area contributed by atoms with Crippen LogP contribution in [0.3, 0.4) is 0 Å². The number of amides is 1. The Bertz CT molecular complexity index is 1450. The summed E-state index contributed by atoms with van der Waals surface area (Å²) >= 11 is 6.16. The summed E-state index contributed by atoms with van der Waals surface area (Å²) in [7, 11) is 4.13. The van der Waals surface area contributed by atoms with Crippen molar-refractivity contribution < 1.29 is 4.79 Å². The van der Waals surface area contributed by atoms with Crippen molar-refractivity contribution in [2.75, 3.05) is 42.7 Å². The molecule has 0 saturated carbocycles. The fourth-order valence-corrected chi connectivity index (χ4v) is 4.41. The lowest BCUT2D eigenvalue weighted by molar-refractivity contribution is -0.111. The van der Waals surface area contributed by atoms with E-state index in [1.165, 1.54) is 6.08 Å². The second-order valence-electron chi connectivity index (χ2n) is 8.71. The molecule has 1 fully saturated rings. The maximum atomic E-state index is 12.2. The number of fused-ring (bicyclic) bond motifs is 1. The molecule has 0 bridgehead atoms. The second kappa shape index (κ2) is 9.88. The zero-order chi connectivity index (χ0) is 25.2. The van der Waals surface area contributed by atoms with E-state index in [0.717, 1.165) is 35.6 Å². The largest absolute Gasteiger partial charge is 0.367 e. The Labute approximate surface area is 213 Å². The van der Waals surface area contributed by atoms with E-state index in [1.807, 2.05) is 37.4 Å². The van der Waals surface area contributed by atoms with Gasteiger partial charge in [-0.25, -0.2) is 9.97 Å². The van der Waals surface area contributed by atoms with Crippen LogP contribution in [-0.2, 0) is 4.79 Å². The van der Waals surface area contributed by atoms with Gasteiger partial charge in [-0.1, -0.05) is 18.2 Å². The highest BCUT2D eigenvalue weighted by Crippen LogP contribution is 2.33. The summed E-state index contributed by atoms with van der Waals surface area (Å²) in [5, 5.41) is 6.72. The van der Waals surface area contributed by atoms with Gasteiger partial charge in [-0.3, -0.25) is 14.8 Å². The first-order valence-electron chi connectivity index (χ1n) is 11.4. The molecule has 0 spiro atoms. The van der Waals surface area contributed by atoms with Gasteiger partial charge in [0.1, 0.15) is 11.0 Å². The number of likely N-dealkylation sites (N-methyl/N-ethyl adjacent to an activating group) is 2. The summed E-state index contributed by atoms with van der Waals surface area (Å²) in [4.78, 5) is 34.3. The number of aromatic nitrogens is 4. The van der Waals surface area contributed by atoms with E-state index in [2.05, 4.69) is 49.0 Å². The lowest BCUT2D eigenvalue weighted by Crippen LogP contribution is -2.56. The van der Waals surface area contributed by atoms with Crippen LogP contribution in [-0.4, -0.2) is 64.0 Å². The molecule has 1 saturated heterocycles. The lowest BCUT2D eigenvalue weighted by Gasteiger charge is -2.43. The number of likely N-dealkylation sites (tertiary alicyclic amines) is 1. The van der Waals surface area contributed by atoms with E-state index < -0.39 is 0 Å². The molecule has 0 aliphatic carbocycles. The van der Waals surface area contributed by atoms with Gasteiger partial charge in [-0.05, 0) is 43.5 Å². The molecule has 1 aliphatic heterocycles. The fourth-order valence-electron chi connectivity index (χ4n) is 4.23. The molecule has 0 unspecified atom stereocenters. The van der Waals surface area contributed by atoms with Crippen LogP contribution in [0.15, 0.2) is 67.8 Å². The maximum Gasteiger partial charge on any atom is 0.247 e. The molecule has 10 heteroatoms. The van der Waals surface area contributed by atoms with E-state index in [9.17, 15) is 4.79 Å². The molecule has 2 N–H and O–H groups in total. The van der Waals surface area contributed by atoms with Gasteiger partial charge >= 0.3 is 0 Å². The molecule has 0 atom stereocenters. The van der Waals surface area contributed by atoms with Gasteiger partial charge in [0.15, 0.2) is 0 Å². The molecule has 3 aromatic heterocycles. The monoisotopic (exact) mass is 500 g/mol. The third kappa shape index (κ3) is 4.84. The van der Waals surface area contributed by atoms with E-state index >= 15 is 0 Å². The Morgan fingerprint density at radius 2 is 2.03 bits per heavy atom. The molecular formula is C26H25ClN8O. The van der Waals surface area contributed by atoms with Crippen molar-refractivity contribution in [3.05, 3.63) is 72.8 Å². The molecule has 9 nitrogen and oxygen atoms in total. The Morgan fingerprint density at radius 1 is 1.19 bits per heavy atom. The van der Waals surface area contributed by atoms with Crippen LogP contribution in [0.25, 0.3) is 22.2 Å². The number of nitrogens with zero attached hydrogens (tertiary/aromatic N) is 6. The molecule has 1 amide bonds. The first-order chi connectivity index (χ1) is 17.4. The molecule has 1 aliphatic rings. The van der Waals surface area contributed by atoms with Crippen LogP contribution in [0, 0.1) is 0 Å². The average molecular weight is 501 g/mol. The number of carbonyl (C=O) groups is 1. The van der Waals surface area contributed by atoms with Gasteiger partial charge in [0, 0.05) is 55.5 Å². The van der Waals surface area contributed by atoms with Crippen molar-refractivity contribution in [1.82, 2.24) is 24.8 Å². The molecular weight excluding hydrogens is 476 g/mol. The van der Waals surface area contributed by atoms with Crippen LogP contribution in [0.2, 0.25) is 5.02 Å². The van der Waals surface area contributed by atoms with Crippen molar-refractivity contribution in [1.29, 1.82) is 0 Å². The SMILES string of the molecule is C=CC(=O)Nc1cc(Nc2ncc3nccc(-c4cncc(Cl)c4)c3n2)ccc1N(C)C1CN(C)C1. The van der Waals surface area contributed by atoms with E-state index in [-0.39, 0.29) is 5.91 Å². The van der Waals surface area contributed by atoms with Gasteiger partial charge < -0.3 is 20.4 Å². The van der Waals surface area contributed by atoms with Crippen LogP contribution in [0.5, 0.6) is 0 Å². The minimum absolute atomic E-state index is 0.277. The highest BCUT2D eigenvalue weighted by atomic mass is 35.5. The fraction of sp³-hybridized carbons (Fsp3) is 0.192. The summed E-state index contributed by atoms with van der Waals surface area (Å²) in [5.41, 5.74) is 5.34. The number of nitrogens with one attached hydrogen (secondary N) is 2. The highest BCUT2D eigenvalue weighted by Gasteiger charge is 2.28. The zero-order valence-corrected chi connectivity index (χ0v) is 20.7. The summed E-state index contributed by atoms with van der Waals surface area (Å²) in [6, 6.07) is 9.87. The first-order valence-corrected chi connectivity index (χ1v) is 11.8. The van der Waals surface area contributed by atoms with Gasteiger partial charge in [-0.2, -0.15) is 0 Å². The normalized spacial score (nSPS) is 13.8. The Morgan fingerprint density at radius 3 is 2.78 bits per heavy atom. The summed E-state index contributed by atoms with van der Waals surface area (Å²) in [6.45, 7) is 5.51. The standard InChI is InChI=1S/C26H25ClN8O/c1-4-24(36)32-21-10-18(5-6-23(21)35(3)19-14-34(2)15-19)31-26-30-13-22-25(33-26)20(7-8-29-22)16-9-17(27)12-28-11-16/h4-13,19H,1,14-15H2,2-3H3,(H,32,36)(H,30,31,33). The zero-order valence-electron chi connectivity index (χ0n) is 19.9. The van der Waals surface area contributed by atoms with E-state index in [0.29, 0.717) is 33.7 Å². The Kier molecular flexibility index (Phi) is 6.49. The van der Waals surface area contributed by atoms with Gasteiger partial charge in [-0.15, -0.1) is 0 Å². The van der Waals surface area contributed by atoms with Crippen molar-refractivity contribution in [2.24, 2.45) is 0 Å².